The van der Waals surface area contributed by atoms with Crippen LogP contribution in [-0.4, -0.2) is 19.9 Å². The number of hydrogen-bond donors (Lipinski definition) is 2. The van der Waals surface area contributed by atoms with Crippen LogP contribution in [0.1, 0.15) is 11.4 Å². The Hall–Kier alpha value is -1.88. The van der Waals surface area contributed by atoms with Crippen molar-refractivity contribution in [1.29, 1.82) is 0 Å². The largest absolute Gasteiger partial charge is 0.338 e. The Morgan fingerprint density at radius 1 is 0.812 bits per heavy atom. The number of aromatic amines is 2. The van der Waals surface area contributed by atoms with Crippen molar-refractivity contribution >= 4 is 24.8 Å². The van der Waals surface area contributed by atoms with Crippen LogP contribution in [0.3, 0.4) is 0 Å². The normalized spacial score (nSPS) is 7.25. The van der Waals surface area contributed by atoms with Gasteiger partial charge in [0, 0.05) is 0 Å². The Morgan fingerprint density at radius 2 is 1.25 bits per heavy atom. The summed E-state index contributed by atoms with van der Waals surface area (Å²) < 4.78 is 0. The second kappa shape index (κ2) is 7.42. The lowest BCUT2D eigenvalue weighted by Crippen LogP contribution is -1.70. The molecule has 0 fully saturated rings. The summed E-state index contributed by atoms with van der Waals surface area (Å²) in [5, 5.41) is 0. The molecule has 0 amide bonds. The molecule has 0 aliphatic carbocycles. The molecule has 2 N–H and O–H groups in total. The van der Waals surface area contributed by atoms with Crippen LogP contribution >= 0.6 is 24.8 Å². The van der Waals surface area contributed by atoms with Gasteiger partial charge in [-0.15, -0.1) is 24.8 Å². The van der Waals surface area contributed by atoms with Gasteiger partial charge >= 0.3 is 0 Å². The van der Waals surface area contributed by atoms with Gasteiger partial charge < -0.3 is 9.97 Å². The average Bonchev–Trinajstić information content (AvgIpc) is 2.86. The van der Waals surface area contributed by atoms with E-state index in [1.807, 2.05) is 0 Å². The standard InChI is InChI=1S/C10H6N4.2ClH/c1(3-9-5-11-7-13-9)2-4-10-6-12-8-14-10;;/h5-8H,(H,11,13)(H,12,14);2*1H. The quantitative estimate of drug-likeness (QED) is 0.699. The molecule has 82 valence electrons. The number of nitrogens with zero attached hydrogens (tertiary/aromatic N) is 2. The van der Waals surface area contributed by atoms with E-state index in [2.05, 4.69) is 43.6 Å². The molecular formula is C10H8Cl2N4. The summed E-state index contributed by atoms with van der Waals surface area (Å²) in [6.45, 7) is 0. The highest BCUT2D eigenvalue weighted by Crippen LogP contribution is 1.86. The number of nitrogens with one attached hydrogen (secondary N) is 2. The molecular weight excluding hydrogens is 247 g/mol. The first-order chi connectivity index (χ1) is 6.95. The second-order valence-electron chi connectivity index (χ2n) is 2.43. The summed E-state index contributed by atoms with van der Waals surface area (Å²) in [6.07, 6.45) is 6.44. The first-order valence-electron chi connectivity index (χ1n) is 3.94. The van der Waals surface area contributed by atoms with E-state index in [1.54, 1.807) is 25.0 Å². The van der Waals surface area contributed by atoms with E-state index >= 15 is 0 Å². The highest BCUT2D eigenvalue weighted by Gasteiger charge is 1.83. The smallest absolute Gasteiger partial charge is 0.110 e. The third-order valence-corrected chi connectivity index (χ3v) is 1.45. The van der Waals surface area contributed by atoms with Gasteiger partial charge in [0.25, 0.3) is 0 Å². The van der Waals surface area contributed by atoms with Crippen LogP contribution in [0.4, 0.5) is 0 Å². The number of aromatic nitrogens is 4. The summed E-state index contributed by atoms with van der Waals surface area (Å²) in [7, 11) is 0. The third kappa shape index (κ3) is 4.10. The number of rotatable bonds is 0. The molecule has 0 saturated heterocycles. The van der Waals surface area contributed by atoms with Gasteiger partial charge in [0.05, 0.1) is 25.0 Å². The van der Waals surface area contributed by atoms with Gasteiger partial charge in [0.15, 0.2) is 0 Å². The Bertz CT molecular complexity index is 458. The van der Waals surface area contributed by atoms with Gasteiger partial charge in [-0.05, 0) is 23.7 Å². The molecule has 0 bridgehead atoms. The van der Waals surface area contributed by atoms with Gasteiger partial charge in [-0.1, -0.05) is 0 Å². The van der Waals surface area contributed by atoms with Crippen molar-refractivity contribution in [2.75, 3.05) is 0 Å². The number of H-pyrrole nitrogens is 2. The zero-order chi connectivity index (χ0) is 9.64. The van der Waals surface area contributed by atoms with Crippen LogP contribution < -0.4 is 0 Å². The van der Waals surface area contributed by atoms with E-state index in [9.17, 15) is 0 Å². The minimum atomic E-state index is 0. The second-order valence-corrected chi connectivity index (χ2v) is 2.43. The van der Waals surface area contributed by atoms with Crippen LogP contribution in [0, 0.1) is 23.7 Å². The highest BCUT2D eigenvalue weighted by molar-refractivity contribution is 5.85. The molecule has 16 heavy (non-hydrogen) atoms. The lowest BCUT2D eigenvalue weighted by atomic mass is 10.4. The van der Waals surface area contributed by atoms with Crippen LogP contribution in [0.15, 0.2) is 25.0 Å². The maximum atomic E-state index is 3.83. The van der Waals surface area contributed by atoms with Crippen LogP contribution in [0.2, 0.25) is 0 Å². The molecule has 0 aromatic carbocycles. The van der Waals surface area contributed by atoms with Crippen molar-refractivity contribution in [3.05, 3.63) is 36.4 Å². The van der Waals surface area contributed by atoms with Crippen molar-refractivity contribution in [3.8, 4) is 23.7 Å². The molecule has 2 heterocycles. The minimum Gasteiger partial charge on any atom is -0.338 e. The predicted molar refractivity (Wildman–Crippen MR) is 65.4 cm³/mol. The van der Waals surface area contributed by atoms with Gasteiger partial charge in [-0.2, -0.15) is 0 Å². The molecule has 2 rings (SSSR count). The van der Waals surface area contributed by atoms with Crippen molar-refractivity contribution in [2.24, 2.45) is 0 Å². The fraction of sp³-hybridized carbons (Fsp3) is 0. The molecule has 0 saturated carbocycles. The predicted octanol–water partition coefficient (Wildman–Crippen LogP) is 1.38. The number of halogens is 2. The molecule has 0 radical (unpaired) electrons. The molecule has 6 heteroatoms. The van der Waals surface area contributed by atoms with Crippen LogP contribution in [0.5, 0.6) is 0 Å². The molecule has 0 atom stereocenters. The van der Waals surface area contributed by atoms with Crippen LogP contribution in [-0.2, 0) is 0 Å². The Balaban J connectivity index is 0.00000112. The number of imidazole rings is 2. The fourth-order valence-electron chi connectivity index (χ4n) is 0.846. The van der Waals surface area contributed by atoms with Gasteiger partial charge in [-0.25, -0.2) is 9.97 Å². The zero-order valence-corrected chi connectivity index (χ0v) is 9.65. The highest BCUT2D eigenvalue weighted by atomic mass is 35.5. The Morgan fingerprint density at radius 3 is 1.56 bits per heavy atom. The summed E-state index contributed by atoms with van der Waals surface area (Å²) in [4.78, 5) is 13.4. The van der Waals surface area contributed by atoms with E-state index < -0.39 is 0 Å². The number of hydrogen-bond acceptors (Lipinski definition) is 2. The molecule has 4 nitrogen and oxygen atoms in total. The van der Waals surface area contributed by atoms with Crippen molar-refractivity contribution in [2.45, 2.75) is 0 Å². The summed E-state index contributed by atoms with van der Waals surface area (Å²) in [5.74, 6) is 11.0. The maximum Gasteiger partial charge on any atom is 0.110 e. The van der Waals surface area contributed by atoms with Crippen LogP contribution in [0.25, 0.3) is 0 Å². The summed E-state index contributed by atoms with van der Waals surface area (Å²) >= 11 is 0. The van der Waals surface area contributed by atoms with E-state index in [0.29, 0.717) is 0 Å². The van der Waals surface area contributed by atoms with Crippen molar-refractivity contribution in [1.82, 2.24) is 19.9 Å². The molecule has 0 unspecified atom stereocenters. The molecule has 0 aliphatic heterocycles. The molecule has 2 aromatic rings. The van der Waals surface area contributed by atoms with Crippen molar-refractivity contribution < 1.29 is 0 Å². The molecule has 0 aliphatic rings. The zero-order valence-electron chi connectivity index (χ0n) is 8.02. The lowest BCUT2D eigenvalue weighted by molar-refractivity contribution is 1.30. The van der Waals surface area contributed by atoms with Gasteiger partial charge in [0.2, 0.25) is 0 Å². The van der Waals surface area contributed by atoms with Gasteiger partial charge in [0.1, 0.15) is 11.4 Å². The monoisotopic (exact) mass is 254 g/mol. The maximum absolute atomic E-state index is 3.83. The summed E-state index contributed by atoms with van der Waals surface area (Å²) in [6, 6.07) is 0. The summed E-state index contributed by atoms with van der Waals surface area (Å²) in [5.41, 5.74) is 1.51. The van der Waals surface area contributed by atoms with E-state index in [4.69, 9.17) is 0 Å². The van der Waals surface area contributed by atoms with Crippen molar-refractivity contribution in [3.63, 3.8) is 0 Å². The first-order valence-corrected chi connectivity index (χ1v) is 3.94. The van der Waals surface area contributed by atoms with E-state index in [0.717, 1.165) is 11.4 Å². The lowest BCUT2D eigenvalue weighted by Gasteiger charge is -1.73. The topological polar surface area (TPSA) is 57.4 Å². The fourth-order valence-corrected chi connectivity index (χ4v) is 0.846. The average molecular weight is 255 g/mol. The van der Waals surface area contributed by atoms with E-state index in [-0.39, 0.29) is 24.8 Å². The SMILES string of the molecule is C(C#Cc1cnc[nH]1)#Cc1cnc[nH]1.Cl.Cl. The minimum absolute atomic E-state index is 0. The molecule has 2 aromatic heterocycles. The molecule has 0 spiro atoms. The first kappa shape index (κ1) is 14.1. The Labute approximate surface area is 105 Å². The Kier molecular flexibility index (Phi) is 6.55. The third-order valence-electron chi connectivity index (χ3n) is 1.45. The van der Waals surface area contributed by atoms with Gasteiger partial charge in [-0.3, -0.25) is 0 Å². The van der Waals surface area contributed by atoms with E-state index in [1.165, 1.54) is 0 Å².